The molecular weight excluding hydrogens is 222 g/mol. The number of rotatable bonds is 3. The molecule has 0 amide bonds. The van der Waals surface area contributed by atoms with Crippen molar-refractivity contribution in [2.75, 3.05) is 19.6 Å². The van der Waals surface area contributed by atoms with Gasteiger partial charge in [-0.05, 0) is 36.9 Å². The summed E-state index contributed by atoms with van der Waals surface area (Å²) >= 11 is 0. The largest absolute Gasteiger partial charge is 0.385 e. The van der Waals surface area contributed by atoms with Gasteiger partial charge in [-0.25, -0.2) is 0 Å². The minimum atomic E-state index is -0.573. The van der Waals surface area contributed by atoms with E-state index in [1.54, 1.807) is 0 Å². The summed E-state index contributed by atoms with van der Waals surface area (Å²) < 4.78 is 0. The molecule has 0 aliphatic carbocycles. The summed E-state index contributed by atoms with van der Waals surface area (Å²) in [4.78, 5) is 2.48. The van der Waals surface area contributed by atoms with E-state index in [0.29, 0.717) is 5.92 Å². The second-order valence-electron chi connectivity index (χ2n) is 5.91. The van der Waals surface area contributed by atoms with Crippen molar-refractivity contribution in [1.29, 1.82) is 0 Å². The highest BCUT2D eigenvalue weighted by molar-refractivity contribution is 5.30. The molecule has 2 fully saturated rings. The predicted molar refractivity (Wildman–Crippen MR) is 73.5 cm³/mol. The maximum atomic E-state index is 11.1. The fourth-order valence-corrected chi connectivity index (χ4v) is 3.62. The van der Waals surface area contributed by atoms with Crippen molar-refractivity contribution in [3.8, 4) is 0 Å². The lowest BCUT2D eigenvalue weighted by Crippen LogP contribution is -2.44. The van der Waals surface area contributed by atoms with E-state index in [9.17, 15) is 5.11 Å². The van der Waals surface area contributed by atoms with Gasteiger partial charge in [-0.2, -0.15) is 0 Å². The molecule has 0 saturated carbocycles. The molecule has 2 heterocycles. The fourth-order valence-electron chi connectivity index (χ4n) is 3.62. The van der Waals surface area contributed by atoms with Crippen molar-refractivity contribution < 1.29 is 5.11 Å². The molecule has 2 nitrogen and oxygen atoms in total. The number of aliphatic hydroxyl groups is 1. The summed E-state index contributed by atoms with van der Waals surface area (Å²) in [5, 5.41) is 11.1. The number of hydrogen-bond donors (Lipinski definition) is 1. The molecular formula is C16H23NO. The lowest BCUT2D eigenvalue weighted by Gasteiger charge is -2.39. The van der Waals surface area contributed by atoms with Crippen molar-refractivity contribution in [2.24, 2.45) is 5.92 Å². The molecule has 2 aliphatic heterocycles. The smallest absolute Gasteiger partial charge is 0.0949 e. The summed E-state index contributed by atoms with van der Waals surface area (Å²) in [6.45, 7) is 5.50. The summed E-state index contributed by atoms with van der Waals surface area (Å²) in [5.74, 6) is 0.433. The van der Waals surface area contributed by atoms with Gasteiger partial charge in [0.25, 0.3) is 0 Å². The van der Waals surface area contributed by atoms with Gasteiger partial charge < -0.3 is 10.0 Å². The highest BCUT2D eigenvalue weighted by atomic mass is 16.3. The van der Waals surface area contributed by atoms with Crippen molar-refractivity contribution in [3.63, 3.8) is 0 Å². The summed E-state index contributed by atoms with van der Waals surface area (Å²) in [6.07, 6.45) is 4.32. The Labute approximate surface area is 110 Å². The third kappa shape index (κ3) is 1.98. The molecule has 1 aromatic rings. The van der Waals surface area contributed by atoms with E-state index in [1.165, 1.54) is 18.5 Å². The molecule has 2 bridgehead atoms. The zero-order chi connectivity index (χ0) is 12.6. The first-order valence-electron chi connectivity index (χ1n) is 7.26. The van der Waals surface area contributed by atoms with Crippen LogP contribution in [-0.2, 0) is 12.0 Å². The molecule has 18 heavy (non-hydrogen) atoms. The maximum Gasteiger partial charge on any atom is 0.0949 e. The molecule has 2 aliphatic rings. The molecule has 3 atom stereocenters. The van der Waals surface area contributed by atoms with Crippen LogP contribution in [0.3, 0.4) is 0 Å². The number of aryl methyl sites for hydroxylation is 1. The third-order valence-corrected chi connectivity index (χ3v) is 4.72. The highest BCUT2D eigenvalue weighted by Gasteiger charge is 2.45. The van der Waals surface area contributed by atoms with Gasteiger partial charge in [0.05, 0.1) is 5.60 Å². The van der Waals surface area contributed by atoms with Gasteiger partial charge in [0, 0.05) is 19.0 Å². The zero-order valence-electron chi connectivity index (χ0n) is 11.2. The maximum absolute atomic E-state index is 11.1. The van der Waals surface area contributed by atoms with Crippen LogP contribution in [0, 0.1) is 5.92 Å². The van der Waals surface area contributed by atoms with E-state index < -0.39 is 5.60 Å². The van der Waals surface area contributed by atoms with Gasteiger partial charge in [-0.1, -0.05) is 37.6 Å². The van der Waals surface area contributed by atoms with E-state index in [1.807, 2.05) is 0 Å². The normalized spacial score (nSPS) is 34.8. The summed E-state index contributed by atoms with van der Waals surface area (Å²) in [7, 11) is 0. The molecule has 98 valence electrons. The molecule has 0 spiro atoms. The molecule has 2 saturated heterocycles. The molecule has 1 aromatic carbocycles. The summed E-state index contributed by atoms with van der Waals surface area (Å²) in [6, 6.07) is 8.64. The lowest BCUT2D eigenvalue weighted by molar-refractivity contribution is -0.0502. The van der Waals surface area contributed by atoms with Crippen molar-refractivity contribution in [2.45, 2.75) is 38.2 Å². The molecule has 1 N–H and O–H groups in total. The van der Waals surface area contributed by atoms with Crippen LogP contribution in [0.25, 0.3) is 0 Å². The topological polar surface area (TPSA) is 23.5 Å². The van der Waals surface area contributed by atoms with Gasteiger partial charge >= 0.3 is 0 Å². The summed E-state index contributed by atoms with van der Waals surface area (Å²) in [5.41, 5.74) is 1.94. The van der Waals surface area contributed by atoms with E-state index >= 15 is 0 Å². The third-order valence-electron chi connectivity index (χ3n) is 4.72. The minimum absolute atomic E-state index is 0.433. The Bertz CT molecular complexity index is 431. The standard InChI is InChI=1S/C16H23NO/c1-2-4-13-5-3-6-14(11-13)16(18)8-10-17-9-7-15(16)12-17/h3,5-6,11,15,18H,2,4,7-10,12H2,1H3. The zero-order valence-corrected chi connectivity index (χ0v) is 11.2. The SMILES string of the molecule is CCCc1cccc(C2(O)CCN3CCC2C3)c1. The van der Waals surface area contributed by atoms with Crippen LogP contribution in [0.1, 0.15) is 37.3 Å². The van der Waals surface area contributed by atoms with E-state index in [2.05, 4.69) is 36.1 Å². The van der Waals surface area contributed by atoms with Crippen molar-refractivity contribution in [3.05, 3.63) is 35.4 Å². The first kappa shape index (κ1) is 12.2. The quantitative estimate of drug-likeness (QED) is 0.884. The van der Waals surface area contributed by atoms with E-state index in [4.69, 9.17) is 0 Å². The Morgan fingerprint density at radius 2 is 2.28 bits per heavy atom. The average Bonchev–Trinajstić information content (AvgIpc) is 2.80. The van der Waals surface area contributed by atoms with Crippen LogP contribution >= 0.6 is 0 Å². The molecule has 0 radical (unpaired) electrons. The van der Waals surface area contributed by atoms with Crippen LogP contribution in [-0.4, -0.2) is 29.6 Å². The Morgan fingerprint density at radius 1 is 1.39 bits per heavy atom. The number of nitrogens with zero attached hydrogens (tertiary/aromatic N) is 1. The van der Waals surface area contributed by atoms with Crippen LogP contribution in [0.5, 0.6) is 0 Å². The van der Waals surface area contributed by atoms with E-state index in [-0.39, 0.29) is 0 Å². The molecule has 3 rings (SSSR count). The average molecular weight is 245 g/mol. The number of fused-ring (bicyclic) bond motifs is 2. The van der Waals surface area contributed by atoms with Crippen molar-refractivity contribution >= 4 is 0 Å². The highest BCUT2D eigenvalue weighted by Crippen LogP contribution is 2.42. The first-order chi connectivity index (χ1) is 8.72. The Kier molecular flexibility index (Phi) is 3.16. The van der Waals surface area contributed by atoms with Gasteiger partial charge in [-0.3, -0.25) is 0 Å². The second-order valence-corrected chi connectivity index (χ2v) is 5.91. The molecule has 0 aromatic heterocycles. The second kappa shape index (κ2) is 4.67. The van der Waals surface area contributed by atoms with Crippen LogP contribution in [0.2, 0.25) is 0 Å². The Balaban J connectivity index is 1.90. The number of piperidine rings is 1. The van der Waals surface area contributed by atoms with Crippen molar-refractivity contribution in [1.82, 2.24) is 4.90 Å². The first-order valence-corrected chi connectivity index (χ1v) is 7.26. The van der Waals surface area contributed by atoms with Gasteiger partial charge in [0.1, 0.15) is 0 Å². The fraction of sp³-hybridized carbons (Fsp3) is 0.625. The van der Waals surface area contributed by atoms with E-state index in [0.717, 1.165) is 37.9 Å². The van der Waals surface area contributed by atoms with Gasteiger partial charge in [0.2, 0.25) is 0 Å². The van der Waals surface area contributed by atoms with Crippen LogP contribution in [0.15, 0.2) is 24.3 Å². The molecule has 3 unspecified atom stereocenters. The lowest BCUT2D eigenvalue weighted by atomic mass is 9.76. The Hall–Kier alpha value is -0.860. The van der Waals surface area contributed by atoms with Crippen LogP contribution < -0.4 is 0 Å². The Morgan fingerprint density at radius 3 is 3.11 bits per heavy atom. The van der Waals surface area contributed by atoms with Crippen LogP contribution in [0.4, 0.5) is 0 Å². The molecule has 2 heteroatoms. The minimum Gasteiger partial charge on any atom is -0.385 e. The predicted octanol–water partition coefficient (Wildman–Crippen LogP) is 2.55. The number of benzene rings is 1. The van der Waals surface area contributed by atoms with Gasteiger partial charge in [0.15, 0.2) is 0 Å². The number of hydrogen-bond acceptors (Lipinski definition) is 2. The van der Waals surface area contributed by atoms with Gasteiger partial charge in [-0.15, -0.1) is 0 Å². The monoisotopic (exact) mass is 245 g/mol.